The third kappa shape index (κ3) is 5.51. The predicted molar refractivity (Wildman–Crippen MR) is 109 cm³/mol. The molecule has 2 rings (SSSR count). The number of nitrogens with zero attached hydrogens (tertiary/aromatic N) is 1. The second-order valence-corrected chi connectivity index (χ2v) is 7.13. The molecule has 2 N–H and O–H groups in total. The van der Waals surface area contributed by atoms with Crippen LogP contribution in [-0.4, -0.2) is 42.2 Å². The summed E-state index contributed by atoms with van der Waals surface area (Å²) < 4.78 is 12.3. The van der Waals surface area contributed by atoms with Gasteiger partial charge in [-0.25, -0.2) is 9.59 Å². The van der Waals surface area contributed by atoms with Crippen LogP contribution in [0.1, 0.15) is 35.6 Å². The first-order chi connectivity index (χ1) is 13.6. The van der Waals surface area contributed by atoms with Crippen molar-refractivity contribution < 1.29 is 23.9 Å². The molecule has 0 aliphatic carbocycles. The minimum Gasteiger partial charge on any atom is -0.495 e. The molecular weight excluding hydrogens is 398 g/mol. The molecule has 2 aromatic rings. The second kappa shape index (κ2) is 9.47. The number of urea groups is 1. The van der Waals surface area contributed by atoms with E-state index in [-0.39, 0.29) is 6.04 Å². The number of hydrogen-bond donors (Lipinski definition) is 2. The summed E-state index contributed by atoms with van der Waals surface area (Å²) in [5, 5.41) is 5.12. The standard InChI is InChI=1S/C20H24ClN3O5/c1-11(2)22-20(27)23-18(25)10-29-19(26)15-8-12(3)24(13(15)4)16-9-14(21)6-7-17(16)28-5/h6-9,11H,10H2,1-5H3,(H2,22,23,25,27). The Labute approximate surface area is 174 Å². The number of esters is 1. The van der Waals surface area contributed by atoms with Gasteiger partial charge in [0.2, 0.25) is 0 Å². The predicted octanol–water partition coefficient (Wildman–Crippen LogP) is 3.15. The topological polar surface area (TPSA) is 98.7 Å². The van der Waals surface area contributed by atoms with Gasteiger partial charge in [0.1, 0.15) is 5.75 Å². The van der Waals surface area contributed by atoms with Crippen LogP contribution >= 0.6 is 11.6 Å². The van der Waals surface area contributed by atoms with Crippen LogP contribution in [0, 0.1) is 13.8 Å². The van der Waals surface area contributed by atoms with Gasteiger partial charge in [-0.1, -0.05) is 11.6 Å². The molecule has 1 aromatic carbocycles. The van der Waals surface area contributed by atoms with Crippen LogP contribution in [0.25, 0.3) is 5.69 Å². The molecule has 9 heteroatoms. The lowest BCUT2D eigenvalue weighted by Crippen LogP contribution is -2.44. The van der Waals surface area contributed by atoms with E-state index < -0.39 is 24.5 Å². The van der Waals surface area contributed by atoms with Gasteiger partial charge in [-0.05, 0) is 52.0 Å². The van der Waals surface area contributed by atoms with Gasteiger partial charge < -0.3 is 19.4 Å². The number of halogens is 1. The van der Waals surface area contributed by atoms with E-state index in [4.69, 9.17) is 21.1 Å². The van der Waals surface area contributed by atoms with Crippen molar-refractivity contribution in [3.05, 3.63) is 46.2 Å². The zero-order valence-electron chi connectivity index (χ0n) is 17.0. The molecule has 29 heavy (non-hydrogen) atoms. The average Bonchev–Trinajstić information content (AvgIpc) is 2.93. The van der Waals surface area contributed by atoms with Crippen LogP contribution < -0.4 is 15.4 Å². The number of aryl methyl sites for hydroxylation is 1. The van der Waals surface area contributed by atoms with Gasteiger partial charge in [-0.15, -0.1) is 0 Å². The summed E-state index contributed by atoms with van der Waals surface area (Å²) in [5.41, 5.74) is 2.34. The van der Waals surface area contributed by atoms with E-state index in [0.29, 0.717) is 27.7 Å². The van der Waals surface area contributed by atoms with Crippen LogP contribution in [0.4, 0.5) is 4.79 Å². The van der Waals surface area contributed by atoms with Crippen LogP contribution in [0.15, 0.2) is 24.3 Å². The number of carbonyl (C=O) groups is 3. The lowest BCUT2D eigenvalue weighted by atomic mass is 10.2. The van der Waals surface area contributed by atoms with Gasteiger partial charge in [-0.3, -0.25) is 10.1 Å². The van der Waals surface area contributed by atoms with E-state index in [1.807, 2.05) is 11.5 Å². The Morgan fingerprint density at radius 2 is 1.86 bits per heavy atom. The fraction of sp³-hybridized carbons (Fsp3) is 0.350. The summed E-state index contributed by atoms with van der Waals surface area (Å²) in [5.74, 6) is -0.807. The highest BCUT2D eigenvalue weighted by atomic mass is 35.5. The molecule has 3 amide bonds. The van der Waals surface area contributed by atoms with Crippen LogP contribution in [0.5, 0.6) is 5.75 Å². The number of aromatic nitrogens is 1. The van der Waals surface area contributed by atoms with Gasteiger partial charge in [0.15, 0.2) is 6.61 Å². The van der Waals surface area contributed by atoms with E-state index in [9.17, 15) is 14.4 Å². The normalized spacial score (nSPS) is 10.6. The number of amides is 3. The first kappa shape index (κ1) is 22.3. The fourth-order valence-corrected chi connectivity index (χ4v) is 3.01. The highest BCUT2D eigenvalue weighted by molar-refractivity contribution is 6.30. The van der Waals surface area contributed by atoms with Crippen molar-refractivity contribution in [3.8, 4) is 11.4 Å². The van der Waals surface area contributed by atoms with E-state index in [0.717, 1.165) is 5.69 Å². The monoisotopic (exact) mass is 421 g/mol. The van der Waals surface area contributed by atoms with Crippen molar-refractivity contribution in [2.75, 3.05) is 13.7 Å². The Balaban J connectivity index is 2.16. The van der Waals surface area contributed by atoms with Crippen molar-refractivity contribution in [2.24, 2.45) is 0 Å². The third-order valence-corrected chi connectivity index (χ3v) is 4.28. The molecule has 1 aromatic heterocycles. The van der Waals surface area contributed by atoms with Crippen molar-refractivity contribution >= 4 is 29.5 Å². The number of methoxy groups -OCH3 is 1. The Morgan fingerprint density at radius 1 is 1.17 bits per heavy atom. The summed E-state index contributed by atoms with van der Waals surface area (Å²) in [6.45, 7) is 6.52. The van der Waals surface area contributed by atoms with Crippen molar-refractivity contribution in [1.29, 1.82) is 0 Å². The Hall–Kier alpha value is -3.00. The minimum atomic E-state index is -0.721. The smallest absolute Gasteiger partial charge is 0.340 e. The molecule has 0 unspecified atom stereocenters. The summed E-state index contributed by atoms with van der Waals surface area (Å²) in [6.07, 6.45) is 0. The fourth-order valence-electron chi connectivity index (χ4n) is 2.85. The second-order valence-electron chi connectivity index (χ2n) is 6.69. The molecule has 0 radical (unpaired) electrons. The molecule has 156 valence electrons. The first-order valence-corrected chi connectivity index (χ1v) is 9.32. The zero-order chi connectivity index (χ0) is 21.7. The highest BCUT2D eigenvalue weighted by Gasteiger charge is 2.21. The summed E-state index contributed by atoms with van der Waals surface area (Å²) >= 11 is 6.12. The van der Waals surface area contributed by atoms with Crippen LogP contribution in [0.2, 0.25) is 5.02 Å². The first-order valence-electron chi connectivity index (χ1n) is 8.94. The molecule has 0 saturated heterocycles. The molecule has 0 spiro atoms. The van der Waals surface area contributed by atoms with E-state index >= 15 is 0 Å². The molecule has 0 atom stereocenters. The molecule has 0 saturated carbocycles. The summed E-state index contributed by atoms with van der Waals surface area (Å²) in [6, 6.07) is 6.06. The Kier molecular flexibility index (Phi) is 7.28. The van der Waals surface area contributed by atoms with Crippen LogP contribution in [-0.2, 0) is 9.53 Å². The van der Waals surface area contributed by atoms with Gasteiger partial charge in [0.25, 0.3) is 5.91 Å². The maximum absolute atomic E-state index is 12.5. The third-order valence-electron chi connectivity index (χ3n) is 4.04. The molecule has 8 nitrogen and oxygen atoms in total. The molecule has 0 aliphatic rings. The van der Waals surface area contributed by atoms with E-state index in [2.05, 4.69) is 10.6 Å². The van der Waals surface area contributed by atoms with Gasteiger partial charge in [0, 0.05) is 22.5 Å². The van der Waals surface area contributed by atoms with Crippen LogP contribution in [0.3, 0.4) is 0 Å². The molecule has 1 heterocycles. The molecule has 0 aliphatic heterocycles. The van der Waals surface area contributed by atoms with Gasteiger partial charge in [0.05, 0.1) is 18.4 Å². The Morgan fingerprint density at radius 3 is 2.48 bits per heavy atom. The number of ether oxygens (including phenoxy) is 2. The zero-order valence-corrected chi connectivity index (χ0v) is 17.7. The summed E-state index contributed by atoms with van der Waals surface area (Å²) in [4.78, 5) is 35.8. The average molecular weight is 422 g/mol. The number of nitrogens with one attached hydrogen (secondary N) is 2. The maximum atomic E-state index is 12.5. The van der Waals surface area contributed by atoms with E-state index in [1.165, 1.54) is 0 Å². The SMILES string of the molecule is COc1ccc(Cl)cc1-n1c(C)cc(C(=O)OCC(=O)NC(=O)NC(C)C)c1C. The molecule has 0 bridgehead atoms. The number of hydrogen-bond acceptors (Lipinski definition) is 5. The largest absolute Gasteiger partial charge is 0.495 e. The quantitative estimate of drug-likeness (QED) is 0.698. The maximum Gasteiger partial charge on any atom is 0.340 e. The van der Waals surface area contributed by atoms with Crippen molar-refractivity contribution in [2.45, 2.75) is 33.7 Å². The number of benzene rings is 1. The molecular formula is C20H24ClN3O5. The highest BCUT2D eigenvalue weighted by Crippen LogP contribution is 2.30. The van der Waals surface area contributed by atoms with Gasteiger partial charge in [-0.2, -0.15) is 0 Å². The lowest BCUT2D eigenvalue weighted by molar-refractivity contribution is -0.123. The summed E-state index contributed by atoms with van der Waals surface area (Å²) in [7, 11) is 1.55. The van der Waals surface area contributed by atoms with Gasteiger partial charge >= 0.3 is 12.0 Å². The number of rotatable bonds is 6. The lowest BCUT2D eigenvalue weighted by Gasteiger charge is -2.14. The number of imide groups is 1. The van der Waals surface area contributed by atoms with Crippen molar-refractivity contribution in [1.82, 2.24) is 15.2 Å². The van der Waals surface area contributed by atoms with Crippen molar-refractivity contribution in [3.63, 3.8) is 0 Å². The minimum absolute atomic E-state index is 0.126. The molecule has 0 fully saturated rings. The van der Waals surface area contributed by atoms with E-state index in [1.54, 1.807) is 52.1 Å². The number of carbonyl (C=O) groups excluding carboxylic acids is 3. The Bertz CT molecular complexity index is 936.